The van der Waals surface area contributed by atoms with Crippen molar-refractivity contribution in [3.63, 3.8) is 0 Å². The van der Waals surface area contributed by atoms with Gasteiger partial charge in [-0.25, -0.2) is 9.59 Å². The Hall–Kier alpha value is -7.50. The van der Waals surface area contributed by atoms with E-state index in [9.17, 15) is 55.3 Å². The maximum Gasteiger partial charge on any atom is 0.335 e. The van der Waals surface area contributed by atoms with Crippen LogP contribution >= 0.6 is 11.6 Å². The molecule has 23 heteroatoms. The van der Waals surface area contributed by atoms with E-state index in [1.807, 2.05) is 0 Å². The van der Waals surface area contributed by atoms with E-state index < -0.39 is 64.8 Å². The average molecular weight is 873 g/mol. The van der Waals surface area contributed by atoms with Crippen molar-refractivity contribution < 1.29 is 55.3 Å². The van der Waals surface area contributed by atoms with E-state index in [0.29, 0.717) is 5.69 Å². The van der Waals surface area contributed by atoms with Gasteiger partial charge in [0.15, 0.2) is 11.6 Å². The van der Waals surface area contributed by atoms with E-state index >= 15 is 0 Å². The van der Waals surface area contributed by atoms with Crippen LogP contribution in [-0.2, 0) is 20.2 Å². The van der Waals surface area contributed by atoms with Crippen molar-refractivity contribution in [2.24, 2.45) is 0 Å². The molecule has 0 spiro atoms. The lowest BCUT2D eigenvalue weighted by Gasteiger charge is -2.24. The molecule has 0 radical (unpaired) electrons. The number of fused-ring (bicyclic) bond motifs is 2. The molecular weight excluding hydrogens is 848 g/mol. The predicted octanol–water partition coefficient (Wildman–Crippen LogP) is 5.75. The van der Waals surface area contributed by atoms with Crippen molar-refractivity contribution in [3.05, 3.63) is 130 Å². The van der Waals surface area contributed by atoms with E-state index in [1.165, 1.54) is 60.7 Å². The summed E-state index contributed by atoms with van der Waals surface area (Å²) >= 11 is 6.11. The van der Waals surface area contributed by atoms with Crippen LogP contribution in [0, 0.1) is 0 Å². The Morgan fingerprint density at radius 3 is 1.70 bits per heavy atom. The minimum atomic E-state index is -5.10. The summed E-state index contributed by atoms with van der Waals surface area (Å²) in [4.78, 5) is 61.2. The van der Waals surface area contributed by atoms with Crippen molar-refractivity contribution in [1.82, 2.24) is 15.0 Å². The van der Waals surface area contributed by atoms with Crippen LogP contribution in [0.5, 0.6) is 0 Å². The topological polar surface area (TPSA) is 330 Å². The molecule has 0 amide bonds. The summed E-state index contributed by atoms with van der Waals surface area (Å²) < 4.78 is 70.5. The maximum atomic E-state index is 13.7. The minimum Gasteiger partial charge on any atom is -0.478 e. The number of carbonyl (C=O) groups is 4. The third kappa shape index (κ3) is 8.25. The minimum absolute atomic E-state index is 0.0256. The summed E-state index contributed by atoms with van der Waals surface area (Å²) in [6, 6.07) is 19.1. The van der Waals surface area contributed by atoms with Crippen molar-refractivity contribution in [2.45, 2.75) is 9.79 Å². The lowest BCUT2D eigenvalue weighted by Crippen LogP contribution is -2.25. The first-order chi connectivity index (χ1) is 28.3. The molecular formula is C37H25ClN8O12S2. The number of aromatic nitrogens is 3. The fourth-order valence-electron chi connectivity index (χ4n) is 6.18. The molecule has 7 rings (SSSR count). The van der Waals surface area contributed by atoms with Gasteiger partial charge in [-0.15, -0.1) is 0 Å². The highest BCUT2D eigenvalue weighted by molar-refractivity contribution is 7.86. The third-order valence-corrected chi connectivity index (χ3v) is 10.7. The van der Waals surface area contributed by atoms with Gasteiger partial charge in [0.05, 0.1) is 39.3 Å². The van der Waals surface area contributed by atoms with Gasteiger partial charge in [0.25, 0.3) is 20.2 Å². The second-order valence-electron chi connectivity index (χ2n) is 12.7. The summed E-state index contributed by atoms with van der Waals surface area (Å²) in [6.07, 6.45) is 0. The number of halogens is 1. The van der Waals surface area contributed by atoms with Crippen LogP contribution in [0.4, 0.5) is 51.7 Å². The monoisotopic (exact) mass is 872 g/mol. The fourth-order valence-corrected chi connectivity index (χ4v) is 7.66. The molecule has 60 heavy (non-hydrogen) atoms. The average Bonchev–Trinajstić information content (AvgIpc) is 3.17. The number of ketones is 2. The Bertz CT molecular complexity index is 3090. The number of nitrogens with one attached hydrogen (secondary N) is 4. The molecule has 1 heterocycles. The van der Waals surface area contributed by atoms with E-state index in [-0.39, 0.29) is 73.4 Å². The van der Waals surface area contributed by atoms with Gasteiger partial charge in [-0.05, 0) is 72.3 Å². The summed E-state index contributed by atoms with van der Waals surface area (Å²) in [5, 5.41) is 29.9. The largest absolute Gasteiger partial charge is 0.478 e. The van der Waals surface area contributed by atoms with E-state index in [1.54, 1.807) is 6.07 Å². The van der Waals surface area contributed by atoms with Crippen LogP contribution in [0.3, 0.4) is 0 Å². The Kier molecular flexibility index (Phi) is 10.4. The number of hydrogen-bond acceptors (Lipinski definition) is 16. The molecule has 0 aliphatic heterocycles. The lowest BCUT2D eigenvalue weighted by molar-refractivity contribution is 0.0686. The van der Waals surface area contributed by atoms with Gasteiger partial charge in [-0.1, -0.05) is 30.3 Å². The number of nitrogens with two attached hydrogens (primary N) is 1. The van der Waals surface area contributed by atoms with Gasteiger partial charge in [0, 0.05) is 33.9 Å². The van der Waals surface area contributed by atoms with E-state index in [4.69, 9.17) is 17.3 Å². The summed E-state index contributed by atoms with van der Waals surface area (Å²) in [6.45, 7) is 0. The number of carboxylic acids is 2. The molecule has 6 aromatic rings. The standard InChI is InChI=1S/C37H25ClN8O12S2/c38-35-44-36(42-18-5-3-4-16(10-18)33(49)50)46-37(45-35)43-21-12-17(34(51)52)11-20(13-21)41-24-9-8-19(14-26(24)59(53,54)55)40-25-15-27(60(56,57)58)30(39)29-28(25)31(47)22-6-1-2-7-23(22)32(29)48/h1-15,40-41H,39H2,(H,49,50)(H,51,52)(H,53,54,55)(H,56,57,58)(H2,42,43,44,45,46). The summed E-state index contributed by atoms with van der Waals surface area (Å²) in [7, 11) is -10.2. The first-order valence-corrected chi connectivity index (χ1v) is 20.0. The van der Waals surface area contributed by atoms with Gasteiger partial charge in [0.2, 0.25) is 17.2 Å². The second kappa shape index (κ2) is 15.3. The van der Waals surface area contributed by atoms with Gasteiger partial charge in [-0.3, -0.25) is 18.7 Å². The number of anilines is 9. The number of rotatable bonds is 12. The van der Waals surface area contributed by atoms with Crippen LogP contribution in [0.1, 0.15) is 52.6 Å². The molecule has 0 saturated carbocycles. The molecule has 0 fully saturated rings. The molecule has 0 saturated heterocycles. The first-order valence-electron chi connectivity index (χ1n) is 16.7. The zero-order valence-electron chi connectivity index (χ0n) is 29.8. The molecule has 1 aromatic heterocycles. The highest BCUT2D eigenvalue weighted by Gasteiger charge is 2.36. The highest BCUT2D eigenvalue weighted by Crippen LogP contribution is 2.41. The molecule has 0 bridgehead atoms. The predicted molar refractivity (Wildman–Crippen MR) is 215 cm³/mol. The van der Waals surface area contributed by atoms with Crippen LogP contribution in [-0.4, -0.2) is 74.6 Å². The van der Waals surface area contributed by atoms with Gasteiger partial charge in [0.1, 0.15) is 9.79 Å². The molecule has 0 atom stereocenters. The third-order valence-electron chi connectivity index (χ3n) is 8.71. The van der Waals surface area contributed by atoms with Crippen LogP contribution in [0.25, 0.3) is 0 Å². The number of nitrogens with zero attached hydrogens (tertiary/aromatic N) is 3. The molecule has 10 N–H and O–H groups in total. The van der Waals surface area contributed by atoms with E-state index in [0.717, 1.165) is 24.3 Å². The van der Waals surface area contributed by atoms with Crippen LogP contribution in [0.2, 0.25) is 5.28 Å². The van der Waals surface area contributed by atoms with Crippen molar-refractivity contribution in [3.8, 4) is 0 Å². The molecule has 0 unspecified atom stereocenters. The normalized spacial score (nSPS) is 12.2. The quantitative estimate of drug-likeness (QED) is 0.0521. The molecule has 20 nitrogen and oxygen atoms in total. The Balaban J connectivity index is 1.23. The van der Waals surface area contributed by atoms with Crippen LogP contribution < -0.4 is 27.0 Å². The van der Waals surface area contributed by atoms with E-state index in [2.05, 4.69) is 36.2 Å². The number of benzene rings is 5. The van der Waals surface area contributed by atoms with Gasteiger partial charge in [-0.2, -0.15) is 31.8 Å². The lowest BCUT2D eigenvalue weighted by atomic mass is 9.82. The van der Waals surface area contributed by atoms with Crippen molar-refractivity contribution >= 4 is 107 Å². The summed E-state index contributed by atoms with van der Waals surface area (Å²) in [5.41, 5.74) is 3.44. The number of carbonyl (C=O) groups excluding carboxylic acids is 2. The van der Waals surface area contributed by atoms with Crippen LogP contribution in [0.15, 0.2) is 101 Å². The van der Waals surface area contributed by atoms with Gasteiger partial charge >= 0.3 is 11.9 Å². The first kappa shape index (κ1) is 40.7. The summed E-state index contributed by atoms with van der Waals surface area (Å²) in [5.74, 6) is -4.46. The smallest absolute Gasteiger partial charge is 0.335 e. The molecule has 5 aromatic carbocycles. The number of carboxylic acid groups (broad SMARTS) is 2. The zero-order chi connectivity index (χ0) is 43.3. The molecule has 304 valence electrons. The zero-order valence-corrected chi connectivity index (χ0v) is 32.2. The Morgan fingerprint density at radius 1 is 0.567 bits per heavy atom. The molecule has 1 aliphatic carbocycles. The Labute approximate surface area is 342 Å². The SMILES string of the molecule is Nc1c(S(=O)(=O)O)cc(Nc2ccc(Nc3cc(Nc4nc(Cl)nc(Nc5cccc(C(=O)O)c5)n4)cc(C(=O)O)c3)c(S(=O)(=O)O)c2)c2c1C(=O)c1ccccc1C2=O. The van der Waals surface area contributed by atoms with Gasteiger partial charge < -0.3 is 37.2 Å². The van der Waals surface area contributed by atoms with Crippen molar-refractivity contribution in [1.29, 1.82) is 0 Å². The second-order valence-corrected chi connectivity index (χ2v) is 15.8. The fraction of sp³-hybridized carbons (Fsp3) is 0. The number of nitrogen functional groups attached to an aromatic ring is 1. The van der Waals surface area contributed by atoms with Crippen molar-refractivity contribution in [2.75, 3.05) is 27.0 Å². The Morgan fingerprint density at radius 2 is 1.10 bits per heavy atom. The number of hydrogen-bond donors (Lipinski definition) is 9. The maximum absolute atomic E-state index is 13.7. The highest BCUT2D eigenvalue weighted by atomic mass is 35.5. The number of aromatic carboxylic acids is 2. The molecule has 1 aliphatic rings.